The van der Waals surface area contributed by atoms with Crippen LogP contribution in [0.15, 0.2) is 84.1 Å². The standard InChI is InChI=1S/C26H27N5O6S.C14H15IN2O2.C11H12N4O4S.C6H7IN2.C4H5ClO.CH4/c1-29-21-22(28-25(29)38(3,36)37)31(26(35)30(2)24(21)34)10-4-5-15-11-16(14-20(32)17-6-7-17)13-19(12-15)27-23(33)18-8-9-18;15-10-5-11(16-13(18)8-1-2-8)7-12(6-10)17-14(19)9-3-4-9;1-5-6-15-8-7(9(16)14(3)11(15)17)13(2)10(12-8)20(4,18)19;7-4-1-5(8)3-6(9)2-4;5-4(6)3-1-2-3;/h11-13,17-18H,6-10,14H2,1-3H3,(H,27,33);5-9H,1-4H2,(H,16,18)(H,17,19);1H,6H2,2-4H3;1-3H,8-9H2;3H,1-2H2;1H4. The molecule has 93 heavy (non-hydrogen) atoms. The number of hydrogen-bond donors (Lipinski definition) is 5. The number of sulfone groups is 2. The van der Waals surface area contributed by atoms with Crippen LogP contribution in [0.3, 0.4) is 0 Å². The molecule has 31 heteroatoms. The molecule has 5 saturated carbocycles. The molecule has 5 aliphatic carbocycles. The molecule has 3 amide bonds. The minimum Gasteiger partial charge on any atom is -0.399 e. The van der Waals surface area contributed by atoms with Gasteiger partial charge in [-0.2, -0.15) is 9.97 Å². The number of halogens is 3. The number of hydrogen-bond acceptors (Lipinski definition) is 17. The summed E-state index contributed by atoms with van der Waals surface area (Å²) in [5.41, 5.74) is 13.0. The van der Waals surface area contributed by atoms with Gasteiger partial charge in [0.1, 0.15) is 5.78 Å². The summed E-state index contributed by atoms with van der Waals surface area (Å²) in [5, 5.41) is 7.94. The van der Waals surface area contributed by atoms with Gasteiger partial charge in [-0.1, -0.05) is 25.2 Å². The van der Waals surface area contributed by atoms with Crippen LogP contribution in [0.5, 0.6) is 0 Å². The lowest BCUT2D eigenvalue weighted by Crippen LogP contribution is -2.38. The van der Waals surface area contributed by atoms with E-state index in [4.69, 9.17) is 29.5 Å². The summed E-state index contributed by atoms with van der Waals surface area (Å²) in [6.45, 7) is -0.275. The Bertz CT molecular complexity index is 4620. The summed E-state index contributed by atoms with van der Waals surface area (Å²) in [4.78, 5) is 116. The monoisotopic (exact) mass is 1560 g/mol. The van der Waals surface area contributed by atoms with Crippen molar-refractivity contribution in [1.29, 1.82) is 0 Å². The highest BCUT2D eigenvalue weighted by Crippen LogP contribution is 2.35. The van der Waals surface area contributed by atoms with Crippen molar-refractivity contribution in [2.45, 2.75) is 101 Å². The number of benzene rings is 3. The van der Waals surface area contributed by atoms with Crippen LogP contribution in [0, 0.1) is 60.9 Å². The third-order valence-corrected chi connectivity index (χ3v) is 18.4. The Kier molecular flexibility index (Phi) is 23.4. The van der Waals surface area contributed by atoms with Gasteiger partial charge in [0.05, 0.1) is 13.1 Å². The van der Waals surface area contributed by atoms with Crippen molar-refractivity contribution < 1.29 is 40.8 Å². The highest BCUT2D eigenvalue weighted by atomic mass is 127. The fraction of sp³-hybridized carbons (Fsp3) is 0.403. The van der Waals surface area contributed by atoms with Gasteiger partial charge in [0, 0.05) is 118 Å². The molecule has 7 N–H and O–H groups in total. The minimum atomic E-state index is -3.76. The first-order chi connectivity index (χ1) is 43.2. The number of fused-ring (bicyclic) bond motifs is 2. The molecule has 494 valence electrons. The number of nitrogens with two attached hydrogens (primary N) is 2. The molecule has 4 heterocycles. The molecule has 0 bridgehead atoms. The van der Waals surface area contributed by atoms with Crippen molar-refractivity contribution in [1.82, 2.24) is 37.4 Å². The lowest BCUT2D eigenvalue weighted by Gasteiger charge is -2.09. The van der Waals surface area contributed by atoms with Crippen LogP contribution in [0.1, 0.15) is 82.8 Å². The topological polar surface area (TPSA) is 365 Å². The van der Waals surface area contributed by atoms with E-state index < -0.39 is 42.2 Å². The molecule has 0 unspecified atom stereocenters. The van der Waals surface area contributed by atoms with E-state index in [1.54, 1.807) is 24.3 Å². The van der Waals surface area contributed by atoms with Crippen LogP contribution < -0.4 is 49.9 Å². The fourth-order valence-corrected chi connectivity index (χ4v) is 12.5. The maximum Gasteiger partial charge on any atom is 0.333 e. The van der Waals surface area contributed by atoms with E-state index >= 15 is 0 Å². The number of ketones is 1. The van der Waals surface area contributed by atoms with Gasteiger partial charge in [0.2, 0.25) is 53.0 Å². The average molecular weight is 1560 g/mol. The van der Waals surface area contributed by atoms with Crippen molar-refractivity contribution >= 4 is 156 Å². The lowest BCUT2D eigenvalue weighted by atomic mass is 10.0. The number of carbonyl (C=O) groups is 5. The predicted molar refractivity (Wildman–Crippen MR) is 372 cm³/mol. The SMILES string of the molecule is C.C#CCn1c(=O)n(C)c(=O)c2c1nc(S(C)(=O)=O)n2C.Cn1c(=O)c2c(nc(S(C)(=O)=O)n2C)n(CC#Cc2cc(CC(=O)C3CC3)cc(NC(=O)C3CC3)c2)c1=O.Nc1cc(N)cc(I)c1.O=C(Cl)C1CC1.O=C(Nc1cc(I)cc(NC(=O)C2CC2)c1)C1CC1. The Labute approximate surface area is 567 Å². The normalized spacial score (nSPS) is 14.7. The van der Waals surface area contributed by atoms with Crippen molar-refractivity contribution in [3.05, 3.63) is 115 Å². The second-order valence-corrected chi connectivity index (χ2v) is 29.7. The first kappa shape index (κ1) is 72.5. The number of rotatable bonds is 14. The number of nitrogens with one attached hydrogen (secondary N) is 3. The summed E-state index contributed by atoms with van der Waals surface area (Å²) < 4.78 is 56.0. The number of terminal acetylenes is 1. The number of imidazole rings is 2. The molecular formula is C62H70ClI2N13O13S2. The molecule has 0 atom stereocenters. The molecule has 26 nitrogen and oxygen atoms in total. The van der Waals surface area contributed by atoms with E-state index in [-0.39, 0.29) is 118 Å². The quantitative estimate of drug-likeness (QED) is 0.0390. The number of Topliss-reactive ketones (excluding diaryl/α,β-unsaturated/α-hetero) is 1. The average Bonchev–Trinajstić information content (AvgIpc) is 1.65. The van der Waals surface area contributed by atoms with E-state index in [9.17, 15) is 60.0 Å². The third kappa shape index (κ3) is 19.1. The molecule has 7 aromatic rings. The molecule has 0 saturated heterocycles. The van der Waals surface area contributed by atoms with Gasteiger partial charge in [0.15, 0.2) is 22.3 Å². The predicted octanol–water partition coefficient (Wildman–Crippen LogP) is 5.47. The minimum absolute atomic E-state index is 0. The molecule has 0 radical (unpaired) electrons. The number of aromatic nitrogens is 8. The summed E-state index contributed by atoms with van der Waals surface area (Å²) in [6, 6.07) is 16.4. The highest BCUT2D eigenvalue weighted by molar-refractivity contribution is 14.1. The Hall–Kier alpha value is -7.92. The van der Waals surface area contributed by atoms with Crippen LogP contribution in [-0.2, 0) is 91.3 Å². The maximum absolute atomic E-state index is 12.9. The van der Waals surface area contributed by atoms with Crippen LogP contribution in [0.25, 0.3) is 22.3 Å². The molecular weight excluding hydrogens is 1490 g/mol. The third-order valence-electron chi connectivity index (χ3n) is 14.8. The molecule has 5 aliphatic rings. The fourth-order valence-electron chi connectivity index (χ4n) is 9.22. The van der Waals surface area contributed by atoms with E-state index in [1.807, 2.05) is 30.3 Å². The Balaban J connectivity index is 0.000000187. The second-order valence-electron chi connectivity index (χ2n) is 23.0. The van der Waals surface area contributed by atoms with Crippen LogP contribution in [0.2, 0.25) is 0 Å². The van der Waals surface area contributed by atoms with Gasteiger partial charge < -0.3 is 36.6 Å². The zero-order chi connectivity index (χ0) is 67.4. The molecule has 3 aromatic carbocycles. The molecule has 12 rings (SSSR count). The zero-order valence-corrected chi connectivity index (χ0v) is 57.5. The summed E-state index contributed by atoms with van der Waals surface area (Å²) >= 11 is 9.40. The van der Waals surface area contributed by atoms with Gasteiger partial charge in [-0.3, -0.25) is 51.8 Å². The number of amides is 3. The number of aryl methyl sites for hydroxylation is 2. The van der Waals surface area contributed by atoms with Gasteiger partial charge in [0.25, 0.3) is 11.1 Å². The molecule has 0 aliphatic heterocycles. The number of nitrogen functional groups attached to an aromatic ring is 2. The maximum atomic E-state index is 12.9. The summed E-state index contributed by atoms with van der Waals surface area (Å²) in [5.74, 6) is 9.12. The van der Waals surface area contributed by atoms with Gasteiger partial charge >= 0.3 is 11.4 Å². The first-order valence-electron chi connectivity index (χ1n) is 28.8. The number of nitrogens with zero attached hydrogens (tertiary/aromatic N) is 8. The first-order valence-corrected chi connectivity index (χ1v) is 35.1. The van der Waals surface area contributed by atoms with Gasteiger partial charge in [-0.15, -0.1) is 6.42 Å². The van der Waals surface area contributed by atoms with Crippen molar-refractivity contribution in [2.24, 2.45) is 57.8 Å². The smallest absolute Gasteiger partial charge is 0.333 e. The number of carbonyl (C=O) groups excluding carboxylic acids is 5. The lowest BCUT2D eigenvalue weighted by molar-refractivity contribution is -0.120. The van der Waals surface area contributed by atoms with E-state index in [0.717, 1.165) is 140 Å². The second kappa shape index (κ2) is 30.0. The number of anilines is 5. The van der Waals surface area contributed by atoms with Crippen molar-refractivity contribution in [3.63, 3.8) is 0 Å². The van der Waals surface area contributed by atoms with Crippen molar-refractivity contribution in [2.75, 3.05) is 39.9 Å². The van der Waals surface area contributed by atoms with Gasteiger partial charge in [-0.05, 0) is 181 Å². The largest absolute Gasteiger partial charge is 0.399 e. The summed E-state index contributed by atoms with van der Waals surface area (Å²) in [6.07, 6.45) is 16.9. The van der Waals surface area contributed by atoms with Crippen LogP contribution >= 0.6 is 56.8 Å². The Morgan fingerprint density at radius 1 is 0.570 bits per heavy atom. The van der Waals surface area contributed by atoms with Crippen molar-refractivity contribution in [3.8, 4) is 24.2 Å². The molecule has 4 aromatic heterocycles. The Morgan fingerprint density at radius 2 is 0.957 bits per heavy atom. The van der Waals surface area contributed by atoms with E-state index in [0.29, 0.717) is 11.3 Å². The van der Waals surface area contributed by atoms with E-state index in [1.165, 1.54) is 28.2 Å². The van der Waals surface area contributed by atoms with Crippen LogP contribution in [-0.4, -0.2) is 95.5 Å². The highest BCUT2D eigenvalue weighted by Gasteiger charge is 2.33. The van der Waals surface area contributed by atoms with Crippen LogP contribution in [0.4, 0.5) is 28.4 Å². The Morgan fingerprint density at radius 3 is 1.31 bits per heavy atom. The van der Waals surface area contributed by atoms with Gasteiger partial charge in [-0.25, -0.2) is 26.4 Å². The molecule has 5 fully saturated rings. The summed E-state index contributed by atoms with van der Waals surface area (Å²) in [7, 11) is -1.99. The zero-order valence-electron chi connectivity index (χ0n) is 50.8. The van der Waals surface area contributed by atoms with E-state index in [2.05, 4.69) is 88.9 Å². The molecule has 0 spiro atoms.